The first kappa shape index (κ1) is 9.49. The quantitative estimate of drug-likeness (QED) is 0.357. The van der Waals surface area contributed by atoms with E-state index in [4.69, 9.17) is 11.5 Å². The van der Waals surface area contributed by atoms with Crippen LogP contribution in [0.25, 0.3) is 0 Å². The van der Waals surface area contributed by atoms with E-state index in [1.54, 1.807) is 19.1 Å². The summed E-state index contributed by atoms with van der Waals surface area (Å²) in [4.78, 5) is 3.83. The molecule has 4 N–H and O–H groups in total. The van der Waals surface area contributed by atoms with Gasteiger partial charge in [-0.15, -0.1) is 0 Å². The lowest BCUT2D eigenvalue weighted by molar-refractivity contribution is 1.24. The highest BCUT2D eigenvalue weighted by atomic mass is 15.0. The summed E-state index contributed by atoms with van der Waals surface area (Å²) in [5, 5.41) is 0. The Labute approximate surface area is 66.8 Å². The molecule has 0 heterocycles. The molecule has 0 saturated heterocycles. The van der Waals surface area contributed by atoms with Crippen LogP contribution >= 0.6 is 0 Å². The van der Waals surface area contributed by atoms with Crippen LogP contribution in [-0.4, -0.2) is 5.96 Å². The first-order valence-electron chi connectivity index (χ1n) is 3.17. The van der Waals surface area contributed by atoms with Crippen molar-refractivity contribution in [3.05, 3.63) is 36.6 Å². The van der Waals surface area contributed by atoms with Crippen molar-refractivity contribution in [1.82, 2.24) is 0 Å². The summed E-state index contributed by atoms with van der Waals surface area (Å²) in [6, 6.07) is 0. The normalized spacial score (nSPS) is 8.09. The molecule has 11 heavy (non-hydrogen) atoms. The molecular weight excluding hydrogens is 138 g/mol. The Morgan fingerprint density at radius 1 is 1.27 bits per heavy atom. The SMILES string of the molecule is C=CC(C=C)=C(C)N=C(N)N. The Morgan fingerprint density at radius 2 is 1.73 bits per heavy atom. The minimum atomic E-state index is 0.0451. The van der Waals surface area contributed by atoms with Crippen LogP contribution in [0.3, 0.4) is 0 Å². The standard InChI is InChI=1S/C8H13N3/c1-4-7(5-2)6(3)11-8(9)10/h4-5H,1-2H2,3H3,(H4,9,10,11). The van der Waals surface area contributed by atoms with E-state index in [0.29, 0.717) is 0 Å². The van der Waals surface area contributed by atoms with Crippen LogP contribution in [-0.2, 0) is 0 Å². The zero-order chi connectivity index (χ0) is 8.85. The number of rotatable bonds is 3. The highest BCUT2D eigenvalue weighted by Gasteiger charge is 1.91. The number of guanidine groups is 1. The van der Waals surface area contributed by atoms with Crippen LogP contribution < -0.4 is 11.5 Å². The van der Waals surface area contributed by atoms with E-state index < -0.39 is 0 Å². The smallest absolute Gasteiger partial charge is 0.190 e. The number of nitrogens with two attached hydrogens (primary N) is 2. The van der Waals surface area contributed by atoms with Crippen LogP contribution in [0, 0.1) is 0 Å². The molecule has 0 aromatic heterocycles. The maximum Gasteiger partial charge on any atom is 0.190 e. The molecule has 0 unspecified atom stereocenters. The lowest BCUT2D eigenvalue weighted by atomic mass is 10.2. The van der Waals surface area contributed by atoms with Gasteiger partial charge in [-0.1, -0.05) is 25.3 Å². The van der Waals surface area contributed by atoms with Gasteiger partial charge in [0.05, 0.1) is 0 Å². The Kier molecular flexibility index (Phi) is 3.73. The third kappa shape index (κ3) is 3.25. The molecule has 3 nitrogen and oxygen atoms in total. The Bertz CT molecular complexity index is 209. The fourth-order valence-electron chi connectivity index (χ4n) is 0.637. The molecule has 0 rings (SSSR count). The average molecular weight is 151 g/mol. The van der Waals surface area contributed by atoms with Crippen molar-refractivity contribution in [2.45, 2.75) is 6.92 Å². The zero-order valence-electron chi connectivity index (χ0n) is 6.67. The van der Waals surface area contributed by atoms with E-state index in [9.17, 15) is 0 Å². The van der Waals surface area contributed by atoms with Gasteiger partial charge >= 0.3 is 0 Å². The molecule has 0 aromatic carbocycles. The van der Waals surface area contributed by atoms with Gasteiger partial charge in [0.1, 0.15) is 0 Å². The summed E-state index contributed by atoms with van der Waals surface area (Å²) in [6.07, 6.45) is 3.30. The number of allylic oxidation sites excluding steroid dienone is 4. The highest BCUT2D eigenvalue weighted by molar-refractivity contribution is 5.77. The van der Waals surface area contributed by atoms with Crippen molar-refractivity contribution < 1.29 is 0 Å². The second kappa shape index (κ2) is 4.33. The van der Waals surface area contributed by atoms with E-state index in [0.717, 1.165) is 11.3 Å². The molecule has 0 amide bonds. The number of nitrogens with zero attached hydrogens (tertiary/aromatic N) is 1. The molecule has 0 aliphatic rings. The van der Waals surface area contributed by atoms with E-state index in [-0.39, 0.29) is 5.96 Å². The number of hydrogen-bond donors (Lipinski definition) is 2. The minimum Gasteiger partial charge on any atom is -0.370 e. The zero-order valence-corrected chi connectivity index (χ0v) is 6.67. The van der Waals surface area contributed by atoms with Crippen molar-refractivity contribution in [2.75, 3.05) is 0 Å². The second-order valence-corrected chi connectivity index (χ2v) is 1.99. The van der Waals surface area contributed by atoms with Gasteiger partial charge in [-0.25, -0.2) is 4.99 Å². The van der Waals surface area contributed by atoms with Gasteiger partial charge in [0.25, 0.3) is 0 Å². The predicted octanol–water partition coefficient (Wildman–Crippen LogP) is 0.906. The summed E-state index contributed by atoms with van der Waals surface area (Å²) in [5.74, 6) is 0.0451. The summed E-state index contributed by atoms with van der Waals surface area (Å²) in [7, 11) is 0. The largest absolute Gasteiger partial charge is 0.370 e. The summed E-state index contributed by atoms with van der Waals surface area (Å²) in [5.41, 5.74) is 11.9. The maximum atomic E-state index is 5.17. The van der Waals surface area contributed by atoms with Gasteiger partial charge in [0.15, 0.2) is 5.96 Å². The molecule has 0 saturated carbocycles. The van der Waals surface area contributed by atoms with Gasteiger partial charge < -0.3 is 11.5 Å². The summed E-state index contributed by atoms with van der Waals surface area (Å²) < 4.78 is 0. The van der Waals surface area contributed by atoms with Crippen LogP contribution in [0.4, 0.5) is 0 Å². The molecule has 60 valence electrons. The molecule has 0 bridgehead atoms. The van der Waals surface area contributed by atoms with Gasteiger partial charge in [0, 0.05) is 5.70 Å². The van der Waals surface area contributed by atoms with Crippen molar-refractivity contribution >= 4 is 5.96 Å². The lowest BCUT2D eigenvalue weighted by Crippen LogP contribution is -2.22. The van der Waals surface area contributed by atoms with Crippen molar-refractivity contribution in [2.24, 2.45) is 16.5 Å². The topological polar surface area (TPSA) is 64.4 Å². The van der Waals surface area contributed by atoms with E-state index in [1.165, 1.54) is 0 Å². The van der Waals surface area contributed by atoms with E-state index in [2.05, 4.69) is 18.2 Å². The fraction of sp³-hybridized carbons (Fsp3) is 0.125. The molecule has 3 heteroatoms. The molecule has 0 aliphatic carbocycles. The third-order valence-corrected chi connectivity index (χ3v) is 1.15. The summed E-state index contributed by atoms with van der Waals surface area (Å²) >= 11 is 0. The number of aliphatic imine (C=N–C) groups is 1. The lowest BCUT2D eigenvalue weighted by Gasteiger charge is -1.97. The molecule has 0 aromatic rings. The molecule has 0 radical (unpaired) electrons. The van der Waals surface area contributed by atoms with Gasteiger partial charge in [-0.3, -0.25) is 0 Å². The molecule has 0 fully saturated rings. The monoisotopic (exact) mass is 151 g/mol. The van der Waals surface area contributed by atoms with E-state index in [1.807, 2.05) is 0 Å². The Balaban J connectivity index is 4.76. The van der Waals surface area contributed by atoms with Crippen molar-refractivity contribution in [3.8, 4) is 0 Å². The predicted molar refractivity (Wildman–Crippen MR) is 48.9 cm³/mol. The van der Waals surface area contributed by atoms with Crippen LogP contribution in [0.1, 0.15) is 6.92 Å². The van der Waals surface area contributed by atoms with Gasteiger partial charge in [-0.2, -0.15) is 0 Å². The second-order valence-electron chi connectivity index (χ2n) is 1.99. The van der Waals surface area contributed by atoms with Gasteiger partial charge in [0.2, 0.25) is 0 Å². The Hall–Kier alpha value is -1.51. The molecule has 0 aliphatic heterocycles. The van der Waals surface area contributed by atoms with E-state index >= 15 is 0 Å². The van der Waals surface area contributed by atoms with Crippen LogP contribution in [0.5, 0.6) is 0 Å². The van der Waals surface area contributed by atoms with Crippen molar-refractivity contribution in [1.29, 1.82) is 0 Å². The molecule has 0 spiro atoms. The minimum absolute atomic E-state index is 0.0451. The number of hydrogen-bond acceptors (Lipinski definition) is 1. The first-order chi connectivity index (χ1) is 5.11. The van der Waals surface area contributed by atoms with Crippen molar-refractivity contribution in [3.63, 3.8) is 0 Å². The first-order valence-corrected chi connectivity index (χ1v) is 3.17. The molecular formula is C8H13N3. The highest BCUT2D eigenvalue weighted by Crippen LogP contribution is 2.06. The fourth-order valence-corrected chi connectivity index (χ4v) is 0.637. The van der Waals surface area contributed by atoms with Gasteiger partial charge in [-0.05, 0) is 12.5 Å². The average Bonchev–Trinajstić information content (AvgIpc) is 1.88. The Morgan fingerprint density at radius 3 is 2.00 bits per heavy atom. The third-order valence-electron chi connectivity index (χ3n) is 1.15. The van der Waals surface area contributed by atoms with Crippen LogP contribution in [0.2, 0.25) is 0 Å². The maximum absolute atomic E-state index is 5.17. The summed E-state index contributed by atoms with van der Waals surface area (Å²) in [6.45, 7) is 8.95. The molecule has 0 atom stereocenters. The van der Waals surface area contributed by atoms with Crippen LogP contribution in [0.15, 0.2) is 41.6 Å².